The van der Waals surface area contributed by atoms with Gasteiger partial charge in [-0.15, -0.1) is 12.4 Å². The summed E-state index contributed by atoms with van der Waals surface area (Å²) in [6.07, 6.45) is 2.95. The predicted octanol–water partition coefficient (Wildman–Crippen LogP) is -0.231. The highest BCUT2D eigenvalue weighted by Crippen LogP contribution is 2.06. The van der Waals surface area contributed by atoms with Crippen molar-refractivity contribution in [3.05, 3.63) is 12.4 Å². The summed E-state index contributed by atoms with van der Waals surface area (Å²) >= 11 is 0. The molecule has 1 saturated heterocycles. The van der Waals surface area contributed by atoms with Gasteiger partial charge in [0.2, 0.25) is 0 Å². The Kier molecular flexibility index (Phi) is 4.72. The van der Waals surface area contributed by atoms with Gasteiger partial charge in [0.1, 0.15) is 6.10 Å². The molecule has 1 fully saturated rings. The Morgan fingerprint density at radius 2 is 2.56 bits per heavy atom. The molecule has 1 aromatic heterocycles. The van der Waals surface area contributed by atoms with Crippen LogP contribution < -0.4 is 10.6 Å². The van der Waals surface area contributed by atoms with Crippen molar-refractivity contribution in [2.45, 2.75) is 6.10 Å². The Morgan fingerprint density at radius 3 is 3.12 bits per heavy atom. The van der Waals surface area contributed by atoms with Gasteiger partial charge < -0.3 is 15.4 Å². The summed E-state index contributed by atoms with van der Waals surface area (Å²) in [5, 5.41) is 9.81. The number of aryl methyl sites for hydroxylation is 1. The molecule has 0 radical (unpaired) electrons. The number of carbonyl (C=O) groups excluding carboxylic acids is 1. The molecular formula is C9H15ClN4O2. The summed E-state index contributed by atoms with van der Waals surface area (Å²) < 4.78 is 6.95. The normalized spacial score (nSPS) is 19.9. The summed E-state index contributed by atoms with van der Waals surface area (Å²) in [7, 11) is 1.80. The van der Waals surface area contributed by atoms with Crippen LogP contribution in [0, 0.1) is 0 Å². The highest BCUT2D eigenvalue weighted by molar-refractivity contribution is 5.94. The van der Waals surface area contributed by atoms with Gasteiger partial charge in [-0.05, 0) is 0 Å². The number of hydrogen-bond donors (Lipinski definition) is 2. The lowest BCUT2D eigenvalue weighted by Crippen LogP contribution is -2.45. The number of aromatic nitrogens is 2. The maximum Gasteiger partial charge on any atom is 0.254 e. The first-order valence-corrected chi connectivity index (χ1v) is 4.87. The van der Waals surface area contributed by atoms with Crippen LogP contribution in [0.4, 0.5) is 5.69 Å². The zero-order valence-corrected chi connectivity index (χ0v) is 9.79. The van der Waals surface area contributed by atoms with E-state index in [4.69, 9.17) is 4.74 Å². The number of halogens is 1. The van der Waals surface area contributed by atoms with Crippen molar-refractivity contribution in [3.8, 4) is 0 Å². The molecule has 1 aliphatic heterocycles. The minimum Gasteiger partial charge on any atom is -0.366 e. The molecule has 6 nitrogen and oxygen atoms in total. The minimum atomic E-state index is -0.404. The number of rotatable bonds is 2. The van der Waals surface area contributed by atoms with Gasteiger partial charge in [-0.1, -0.05) is 0 Å². The van der Waals surface area contributed by atoms with Gasteiger partial charge in [0.15, 0.2) is 0 Å². The zero-order chi connectivity index (χ0) is 10.7. The Bertz CT molecular complexity index is 349. The van der Waals surface area contributed by atoms with E-state index in [2.05, 4.69) is 15.7 Å². The number of carbonyl (C=O) groups is 1. The highest BCUT2D eigenvalue weighted by atomic mass is 35.5. The minimum absolute atomic E-state index is 0. The standard InChI is InChI=1S/C9H14N4O2.ClH/c1-13-6-7(4-11-13)12-9(14)8-5-10-2-3-15-8;/h4,6,8,10H,2-3,5H2,1H3,(H,12,14);1H. The summed E-state index contributed by atoms with van der Waals surface area (Å²) in [6, 6.07) is 0. The molecule has 2 heterocycles. The second-order valence-corrected chi connectivity index (χ2v) is 3.46. The van der Waals surface area contributed by atoms with Crippen molar-refractivity contribution in [1.29, 1.82) is 0 Å². The lowest BCUT2D eigenvalue weighted by molar-refractivity contribution is -0.128. The molecule has 0 aliphatic carbocycles. The highest BCUT2D eigenvalue weighted by Gasteiger charge is 2.21. The third kappa shape index (κ3) is 3.19. The largest absolute Gasteiger partial charge is 0.366 e. The summed E-state index contributed by atoms with van der Waals surface area (Å²) in [5.41, 5.74) is 0.691. The molecular weight excluding hydrogens is 232 g/mol. The fraction of sp³-hybridized carbons (Fsp3) is 0.556. The summed E-state index contributed by atoms with van der Waals surface area (Å²) in [6.45, 7) is 1.94. The lowest BCUT2D eigenvalue weighted by atomic mass is 10.3. The Balaban J connectivity index is 0.00000128. The van der Waals surface area contributed by atoms with Crippen LogP contribution in [-0.4, -0.2) is 41.5 Å². The van der Waals surface area contributed by atoms with Crippen LogP contribution in [0.15, 0.2) is 12.4 Å². The smallest absolute Gasteiger partial charge is 0.254 e. The first-order chi connectivity index (χ1) is 7.25. The van der Waals surface area contributed by atoms with Crippen molar-refractivity contribution in [3.63, 3.8) is 0 Å². The Hall–Kier alpha value is -1.11. The van der Waals surface area contributed by atoms with Gasteiger partial charge >= 0.3 is 0 Å². The van der Waals surface area contributed by atoms with Crippen LogP contribution in [0.5, 0.6) is 0 Å². The van der Waals surface area contributed by atoms with Gasteiger partial charge in [-0.3, -0.25) is 9.48 Å². The molecule has 1 unspecified atom stereocenters. The summed E-state index contributed by atoms with van der Waals surface area (Å²) in [5.74, 6) is -0.129. The molecule has 1 aromatic rings. The number of anilines is 1. The van der Waals surface area contributed by atoms with Gasteiger partial charge in [0.05, 0.1) is 18.5 Å². The van der Waals surface area contributed by atoms with E-state index in [1.807, 2.05) is 0 Å². The van der Waals surface area contributed by atoms with Crippen molar-refractivity contribution in [1.82, 2.24) is 15.1 Å². The molecule has 2 rings (SSSR count). The number of nitrogens with one attached hydrogen (secondary N) is 2. The van der Waals surface area contributed by atoms with E-state index < -0.39 is 6.10 Å². The lowest BCUT2D eigenvalue weighted by Gasteiger charge is -2.22. The van der Waals surface area contributed by atoms with Crippen LogP contribution >= 0.6 is 12.4 Å². The SMILES string of the molecule is Cl.Cn1cc(NC(=O)C2CNCCO2)cn1. The van der Waals surface area contributed by atoms with E-state index in [1.165, 1.54) is 0 Å². The Morgan fingerprint density at radius 1 is 1.75 bits per heavy atom. The van der Waals surface area contributed by atoms with Crippen LogP contribution in [0.3, 0.4) is 0 Å². The molecule has 7 heteroatoms. The molecule has 0 aromatic carbocycles. The second-order valence-electron chi connectivity index (χ2n) is 3.46. The first kappa shape index (κ1) is 13.0. The van der Waals surface area contributed by atoms with E-state index in [0.717, 1.165) is 6.54 Å². The average Bonchev–Trinajstić information content (AvgIpc) is 2.65. The maximum atomic E-state index is 11.7. The van der Waals surface area contributed by atoms with E-state index in [9.17, 15) is 4.79 Å². The van der Waals surface area contributed by atoms with Crippen molar-refractivity contribution in [2.24, 2.45) is 7.05 Å². The third-order valence-electron chi connectivity index (χ3n) is 2.19. The van der Waals surface area contributed by atoms with Crippen LogP contribution in [0.25, 0.3) is 0 Å². The van der Waals surface area contributed by atoms with Crippen molar-refractivity contribution < 1.29 is 9.53 Å². The first-order valence-electron chi connectivity index (χ1n) is 4.87. The van der Waals surface area contributed by atoms with Crippen molar-refractivity contribution in [2.75, 3.05) is 25.0 Å². The number of hydrogen-bond acceptors (Lipinski definition) is 4. The second kappa shape index (κ2) is 5.83. The molecule has 1 aliphatic rings. The quantitative estimate of drug-likeness (QED) is 0.757. The van der Waals surface area contributed by atoms with Gasteiger partial charge in [-0.25, -0.2) is 0 Å². The van der Waals surface area contributed by atoms with Crippen molar-refractivity contribution >= 4 is 24.0 Å². The maximum absolute atomic E-state index is 11.7. The van der Waals surface area contributed by atoms with Gasteiger partial charge in [0.25, 0.3) is 5.91 Å². The van der Waals surface area contributed by atoms with Crippen LogP contribution in [0.2, 0.25) is 0 Å². The number of amides is 1. The van der Waals surface area contributed by atoms with Gasteiger partial charge in [-0.2, -0.15) is 5.10 Å². The number of ether oxygens (including phenoxy) is 1. The molecule has 1 amide bonds. The van der Waals surface area contributed by atoms with Crippen LogP contribution in [0.1, 0.15) is 0 Å². The Labute approximate surface area is 99.8 Å². The third-order valence-corrected chi connectivity index (χ3v) is 2.19. The average molecular weight is 247 g/mol. The van der Waals surface area contributed by atoms with Gasteiger partial charge in [0, 0.05) is 26.3 Å². The molecule has 0 saturated carbocycles. The fourth-order valence-corrected chi connectivity index (χ4v) is 1.44. The molecule has 2 N–H and O–H groups in total. The zero-order valence-electron chi connectivity index (χ0n) is 8.97. The topological polar surface area (TPSA) is 68.2 Å². The van der Waals surface area contributed by atoms with E-state index >= 15 is 0 Å². The molecule has 0 spiro atoms. The van der Waals surface area contributed by atoms with E-state index in [0.29, 0.717) is 18.8 Å². The molecule has 90 valence electrons. The van der Waals surface area contributed by atoms with Crippen LogP contribution in [-0.2, 0) is 16.6 Å². The molecule has 1 atom stereocenters. The fourth-order valence-electron chi connectivity index (χ4n) is 1.44. The van der Waals surface area contributed by atoms with E-state index in [1.54, 1.807) is 24.1 Å². The molecule has 16 heavy (non-hydrogen) atoms. The monoisotopic (exact) mass is 246 g/mol. The number of nitrogens with zero attached hydrogens (tertiary/aromatic N) is 2. The number of morpholine rings is 1. The molecule has 0 bridgehead atoms. The summed E-state index contributed by atoms with van der Waals surface area (Å²) in [4.78, 5) is 11.7. The van der Waals surface area contributed by atoms with E-state index in [-0.39, 0.29) is 18.3 Å². The predicted molar refractivity (Wildman–Crippen MR) is 61.7 cm³/mol.